The molecule has 3 rings (SSSR count). The lowest BCUT2D eigenvalue weighted by molar-refractivity contribution is 0.0783. The molecule has 1 aliphatic heterocycles. The van der Waals surface area contributed by atoms with E-state index in [1.54, 1.807) is 0 Å². The van der Waals surface area contributed by atoms with Crippen molar-refractivity contribution in [3.8, 4) is 0 Å². The second-order valence-corrected chi connectivity index (χ2v) is 5.06. The number of nitrogens with zero attached hydrogens (tertiary/aromatic N) is 2. The Morgan fingerprint density at radius 3 is 2.50 bits per heavy atom. The molecule has 1 aliphatic carbocycles. The van der Waals surface area contributed by atoms with Crippen LogP contribution in [0.1, 0.15) is 23.2 Å². The largest absolute Gasteiger partial charge is 0.338 e. The number of hydrogen-bond donors (Lipinski definition) is 0. The number of hydrogen-bond acceptors (Lipinski definition) is 2. The fraction of sp³-hybridized carbons (Fsp3) is 0.429. The number of allylic oxidation sites excluding steroid dienone is 2. The van der Waals surface area contributed by atoms with Crippen LogP contribution in [-0.2, 0) is 0 Å². The molecule has 18 heavy (non-hydrogen) atoms. The average Bonchev–Trinajstić information content (AvgIpc) is 2.81. The molecule has 0 N–H and O–H groups in total. The highest BCUT2D eigenvalue weighted by molar-refractivity contribution is 5.94. The molecule has 1 amide bonds. The number of carbonyl (C=O) groups excluding carboxylic acids is 1. The molecular weight excluding hydrogens is 231 g/mol. The highest BCUT2D eigenvalue weighted by Crippen LogP contribution is 2.33. The summed E-state index contributed by atoms with van der Waals surface area (Å²) < 4.78 is 13.1. The molecule has 2 atom stereocenters. The van der Waals surface area contributed by atoms with E-state index in [0.717, 1.165) is 32.1 Å². The smallest absolute Gasteiger partial charge is 0.255 e. The van der Waals surface area contributed by atoms with E-state index < -0.39 is 5.82 Å². The Morgan fingerprint density at radius 1 is 1.22 bits per heavy atom. The summed E-state index contributed by atoms with van der Waals surface area (Å²) in [7, 11) is 0. The first-order chi connectivity index (χ1) is 8.74. The summed E-state index contributed by atoms with van der Waals surface area (Å²) in [4.78, 5) is 17.8. The minimum absolute atomic E-state index is 0.101. The van der Waals surface area contributed by atoms with Gasteiger partial charge in [-0.3, -0.25) is 9.78 Å². The fourth-order valence-electron chi connectivity index (χ4n) is 2.89. The zero-order chi connectivity index (χ0) is 12.5. The van der Waals surface area contributed by atoms with Crippen molar-refractivity contribution in [2.75, 3.05) is 13.1 Å². The Labute approximate surface area is 105 Å². The van der Waals surface area contributed by atoms with Crippen LogP contribution in [0.4, 0.5) is 4.39 Å². The molecule has 4 heteroatoms. The van der Waals surface area contributed by atoms with E-state index in [4.69, 9.17) is 0 Å². The number of amides is 1. The summed E-state index contributed by atoms with van der Waals surface area (Å²) in [6, 6.07) is 1.26. The molecule has 2 heterocycles. The van der Waals surface area contributed by atoms with Gasteiger partial charge in [-0.15, -0.1) is 0 Å². The SMILES string of the molecule is O=C(c1cncc(F)c1)N1C[C@@H]2CC=CC[C@H]2C1. The Balaban J connectivity index is 1.75. The first-order valence-corrected chi connectivity index (χ1v) is 6.29. The van der Waals surface area contributed by atoms with Crippen molar-refractivity contribution < 1.29 is 9.18 Å². The zero-order valence-electron chi connectivity index (χ0n) is 10.1. The topological polar surface area (TPSA) is 33.2 Å². The summed E-state index contributed by atoms with van der Waals surface area (Å²) in [6.45, 7) is 1.56. The third kappa shape index (κ3) is 2.03. The van der Waals surface area contributed by atoms with Gasteiger partial charge in [0.05, 0.1) is 11.8 Å². The number of aromatic nitrogens is 1. The van der Waals surface area contributed by atoms with Crippen molar-refractivity contribution in [1.29, 1.82) is 0 Å². The lowest BCUT2D eigenvalue weighted by atomic mass is 9.86. The maximum atomic E-state index is 13.1. The number of likely N-dealkylation sites (tertiary alicyclic amines) is 1. The second-order valence-electron chi connectivity index (χ2n) is 5.06. The molecule has 0 spiro atoms. The summed E-state index contributed by atoms with van der Waals surface area (Å²) in [5.74, 6) is 0.580. The lowest BCUT2D eigenvalue weighted by Crippen LogP contribution is -2.29. The molecule has 3 nitrogen and oxygen atoms in total. The van der Waals surface area contributed by atoms with Gasteiger partial charge in [-0.05, 0) is 30.7 Å². The molecule has 1 saturated heterocycles. The van der Waals surface area contributed by atoms with Gasteiger partial charge in [0, 0.05) is 19.3 Å². The second kappa shape index (κ2) is 4.52. The Morgan fingerprint density at radius 2 is 1.89 bits per heavy atom. The molecule has 94 valence electrons. The molecule has 1 aromatic heterocycles. The van der Waals surface area contributed by atoms with Crippen molar-refractivity contribution in [2.24, 2.45) is 11.8 Å². The predicted octanol–water partition coefficient (Wildman–Crippen LogP) is 2.26. The Bertz CT molecular complexity index is 484. The normalized spacial score (nSPS) is 26.2. The number of rotatable bonds is 1. The van der Waals surface area contributed by atoms with Crippen molar-refractivity contribution in [3.63, 3.8) is 0 Å². The van der Waals surface area contributed by atoms with Crippen LogP contribution in [0.5, 0.6) is 0 Å². The highest BCUT2D eigenvalue weighted by Gasteiger charge is 2.35. The lowest BCUT2D eigenvalue weighted by Gasteiger charge is -2.17. The maximum Gasteiger partial charge on any atom is 0.255 e. The Kier molecular flexibility index (Phi) is 2.86. The van der Waals surface area contributed by atoms with E-state index in [-0.39, 0.29) is 5.91 Å². The number of pyridine rings is 1. The molecule has 0 saturated carbocycles. The minimum atomic E-state index is -0.459. The van der Waals surface area contributed by atoms with Gasteiger partial charge in [-0.1, -0.05) is 12.2 Å². The van der Waals surface area contributed by atoms with Crippen molar-refractivity contribution in [3.05, 3.63) is 42.0 Å². The van der Waals surface area contributed by atoms with Gasteiger partial charge < -0.3 is 4.90 Å². The highest BCUT2D eigenvalue weighted by atomic mass is 19.1. The van der Waals surface area contributed by atoms with E-state index in [1.165, 1.54) is 12.3 Å². The molecular formula is C14H15FN2O. The van der Waals surface area contributed by atoms with Crippen molar-refractivity contribution in [2.45, 2.75) is 12.8 Å². The number of carbonyl (C=O) groups is 1. The predicted molar refractivity (Wildman–Crippen MR) is 65.5 cm³/mol. The van der Waals surface area contributed by atoms with Crippen LogP contribution in [-0.4, -0.2) is 28.9 Å². The van der Waals surface area contributed by atoms with Crippen molar-refractivity contribution >= 4 is 5.91 Å². The molecule has 0 unspecified atom stereocenters. The monoisotopic (exact) mass is 246 g/mol. The van der Waals surface area contributed by atoms with E-state index in [9.17, 15) is 9.18 Å². The number of halogens is 1. The first kappa shape index (κ1) is 11.4. The van der Waals surface area contributed by atoms with Crippen LogP contribution >= 0.6 is 0 Å². The molecule has 0 radical (unpaired) electrons. The van der Waals surface area contributed by atoms with E-state index >= 15 is 0 Å². The first-order valence-electron chi connectivity index (χ1n) is 6.29. The van der Waals surface area contributed by atoms with Gasteiger partial charge in [-0.25, -0.2) is 4.39 Å². The van der Waals surface area contributed by atoms with Crippen LogP contribution in [0.3, 0.4) is 0 Å². The van der Waals surface area contributed by atoms with Gasteiger partial charge in [-0.2, -0.15) is 0 Å². The van der Waals surface area contributed by atoms with Crippen LogP contribution < -0.4 is 0 Å². The molecule has 2 aliphatic rings. The third-order valence-corrected chi connectivity index (χ3v) is 3.86. The van der Waals surface area contributed by atoms with Crippen LogP contribution in [0.2, 0.25) is 0 Å². The molecule has 0 bridgehead atoms. The van der Waals surface area contributed by atoms with Gasteiger partial charge in [0.1, 0.15) is 5.82 Å². The Hall–Kier alpha value is -1.71. The molecule has 1 fully saturated rings. The summed E-state index contributed by atoms with van der Waals surface area (Å²) >= 11 is 0. The van der Waals surface area contributed by atoms with Gasteiger partial charge in [0.25, 0.3) is 5.91 Å². The van der Waals surface area contributed by atoms with Gasteiger partial charge in [0.2, 0.25) is 0 Å². The van der Waals surface area contributed by atoms with Crippen LogP contribution in [0.15, 0.2) is 30.6 Å². The van der Waals surface area contributed by atoms with Gasteiger partial charge in [0.15, 0.2) is 0 Å². The average molecular weight is 246 g/mol. The van der Waals surface area contributed by atoms with E-state index in [2.05, 4.69) is 17.1 Å². The molecule has 0 aromatic carbocycles. The number of fused-ring (bicyclic) bond motifs is 1. The van der Waals surface area contributed by atoms with E-state index in [0.29, 0.717) is 17.4 Å². The zero-order valence-corrected chi connectivity index (χ0v) is 10.1. The maximum absolute atomic E-state index is 13.1. The summed E-state index contributed by atoms with van der Waals surface area (Å²) in [6.07, 6.45) is 9.04. The van der Waals surface area contributed by atoms with E-state index in [1.807, 2.05) is 4.90 Å². The summed E-state index contributed by atoms with van der Waals surface area (Å²) in [5, 5.41) is 0. The van der Waals surface area contributed by atoms with Gasteiger partial charge >= 0.3 is 0 Å². The minimum Gasteiger partial charge on any atom is -0.338 e. The molecule has 1 aromatic rings. The fourth-order valence-corrected chi connectivity index (χ4v) is 2.89. The summed E-state index contributed by atoms with van der Waals surface area (Å²) in [5.41, 5.74) is 0.349. The van der Waals surface area contributed by atoms with Crippen LogP contribution in [0, 0.1) is 17.7 Å². The quantitative estimate of drug-likeness (QED) is 0.712. The van der Waals surface area contributed by atoms with Crippen LogP contribution in [0.25, 0.3) is 0 Å². The third-order valence-electron chi connectivity index (χ3n) is 3.86. The van der Waals surface area contributed by atoms with Crippen molar-refractivity contribution in [1.82, 2.24) is 9.88 Å². The standard InChI is InChI=1S/C14H15FN2O/c15-13-5-12(6-16-7-13)14(18)17-8-10-3-1-2-4-11(10)9-17/h1-2,5-7,10-11H,3-4,8-9H2/t10-,11-/m0/s1.